The predicted octanol–water partition coefficient (Wildman–Crippen LogP) is 3.04. The van der Waals surface area contributed by atoms with Gasteiger partial charge in [-0.3, -0.25) is 19.3 Å². The van der Waals surface area contributed by atoms with Gasteiger partial charge in [-0.1, -0.05) is 36.4 Å². The van der Waals surface area contributed by atoms with E-state index in [9.17, 15) is 14.7 Å². The molecule has 0 spiro atoms. The number of hydrogen-bond donors (Lipinski definition) is 1. The molecule has 7 heteroatoms. The maximum Gasteiger partial charge on any atom is 0.261 e. The Hall–Kier alpha value is -2.90. The van der Waals surface area contributed by atoms with E-state index in [2.05, 4.69) is 0 Å². The number of nitrogens with zero attached hydrogens (tertiary/aromatic N) is 2. The van der Waals surface area contributed by atoms with Gasteiger partial charge in [0.1, 0.15) is 0 Å². The molecule has 2 aliphatic rings. The quantitative estimate of drug-likeness (QED) is 0.781. The Labute approximate surface area is 175 Å². The Morgan fingerprint density at radius 2 is 1.77 bits per heavy atom. The smallest absolute Gasteiger partial charge is 0.261 e. The summed E-state index contributed by atoms with van der Waals surface area (Å²) in [5, 5.41) is 11.7. The second-order valence-electron chi connectivity index (χ2n) is 8.67. The molecule has 2 fully saturated rings. The van der Waals surface area contributed by atoms with Crippen molar-refractivity contribution in [3.8, 4) is 11.5 Å². The van der Waals surface area contributed by atoms with Crippen LogP contribution in [0.3, 0.4) is 0 Å². The molecule has 0 radical (unpaired) electrons. The molecule has 30 heavy (non-hydrogen) atoms. The van der Waals surface area contributed by atoms with Crippen molar-refractivity contribution in [2.45, 2.75) is 45.0 Å². The summed E-state index contributed by atoms with van der Waals surface area (Å²) in [6.07, 6.45) is -0.870. The Morgan fingerprint density at radius 3 is 2.40 bits per heavy atom. The first-order chi connectivity index (χ1) is 14.2. The van der Waals surface area contributed by atoms with Crippen LogP contribution in [0.15, 0.2) is 48.5 Å². The number of phenols is 1. The molecule has 1 N–H and O–H groups in total. The molecule has 0 saturated carbocycles. The number of methoxy groups -OCH3 is 1. The van der Waals surface area contributed by atoms with E-state index in [0.29, 0.717) is 5.75 Å². The highest BCUT2D eigenvalue weighted by atomic mass is 16.7. The van der Waals surface area contributed by atoms with Crippen molar-refractivity contribution in [3.05, 3.63) is 59.7 Å². The van der Waals surface area contributed by atoms with E-state index < -0.39 is 23.6 Å². The molecule has 3 unspecified atom stereocenters. The van der Waals surface area contributed by atoms with Crippen LogP contribution in [0.5, 0.6) is 11.5 Å². The van der Waals surface area contributed by atoms with Gasteiger partial charge in [-0.15, -0.1) is 0 Å². The van der Waals surface area contributed by atoms with E-state index in [-0.39, 0.29) is 24.1 Å². The van der Waals surface area contributed by atoms with E-state index in [0.717, 1.165) is 11.1 Å². The number of hydroxylamine groups is 2. The Balaban J connectivity index is 1.72. The minimum absolute atomic E-state index is 0.0125. The number of likely N-dealkylation sites (tertiary alicyclic amines) is 1. The van der Waals surface area contributed by atoms with E-state index in [1.807, 2.05) is 51.1 Å². The van der Waals surface area contributed by atoms with Crippen molar-refractivity contribution in [2.75, 3.05) is 7.11 Å². The van der Waals surface area contributed by atoms with E-state index in [1.165, 1.54) is 18.1 Å². The second-order valence-corrected chi connectivity index (χ2v) is 8.67. The number of hydrogen-bond acceptors (Lipinski definition) is 6. The van der Waals surface area contributed by atoms with Crippen molar-refractivity contribution in [2.24, 2.45) is 5.92 Å². The molecule has 7 nitrogen and oxygen atoms in total. The molecule has 2 aromatic rings. The zero-order valence-electron chi connectivity index (χ0n) is 17.5. The number of phenolic OH excluding ortho intramolecular Hbond substituents is 1. The highest BCUT2D eigenvalue weighted by molar-refractivity contribution is 6.07. The van der Waals surface area contributed by atoms with Crippen molar-refractivity contribution in [1.29, 1.82) is 0 Å². The van der Waals surface area contributed by atoms with Crippen LogP contribution in [-0.4, -0.2) is 45.6 Å². The zero-order valence-corrected chi connectivity index (χ0v) is 17.5. The average molecular weight is 410 g/mol. The number of carbonyl (C=O) groups excluding carboxylic acids is 2. The van der Waals surface area contributed by atoms with Gasteiger partial charge in [0, 0.05) is 5.54 Å². The number of rotatable bonds is 4. The van der Waals surface area contributed by atoms with Crippen molar-refractivity contribution in [3.63, 3.8) is 0 Å². The third-order valence-electron chi connectivity index (χ3n) is 5.60. The fourth-order valence-corrected chi connectivity index (χ4v) is 4.19. The molecule has 0 aliphatic carbocycles. The van der Waals surface area contributed by atoms with Crippen LogP contribution in [0.2, 0.25) is 0 Å². The standard InChI is InChI=1S/C23H26N2O5/c1-23(2,3)25-19(15-10-11-16(26)17(12-15)29-4)18-20(30-25)22(28)24(21(18)27)13-14-8-6-5-7-9-14/h5-12,18-20,26H,13H2,1-4H3. The van der Waals surface area contributed by atoms with Gasteiger partial charge in [0.15, 0.2) is 17.6 Å². The first-order valence-corrected chi connectivity index (χ1v) is 9.94. The minimum atomic E-state index is -0.870. The first-order valence-electron chi connectivity index (χ1n) is 9.94. The third kappa shape index (κ3) is 3.34. The summed E-state index contributed by atoms with van der Waals surface area (Å²) >= 11 is 0. The summed E-state index contributed by atoms with van der Waals surface area (Å²) < 4.78 is 5.25. The molecular formula is C23H26N2O5. The van der Waals surface area contributed by atoms with E-state index in [4.69, 9.17) is 9.57 Å². The maximum absolute atomic E-state index is 13.4. The topological polar surface area (TPSA) is 79.3 Å². The van der Waals surface area contributed by atoms with Crippen LogP contribution in [0.1, 0.15) is 37.9 Å². The van der Waals surface area contributed by atoms with E-state index in [1.54, 1.807) is 17.2 Å². The summed E-state index contributed by atoms with van der Waals surface area (Å²) in [5.41, 5.74) is 1.18. The molecule has 158 valence electrons. The summed E-state index contributed by atoms with van der Waals surface area (Å²) in [6.45, 7) is 6.12. The van der Waals surface area contributed by atoms with E-state index >= 15 is 0 Å². The molecule has 4 rings (SSSR count). The van der Waals surface area contributed by atoms with Crippen LogP contribution in [0.4, 0.5) is 0 Å². The summed E-state index contributed by atoms with van der Waals surface area (Å²) in [4.78, 5) is 33.9. The summed E-state index contributed by atoms with van der Waals surface area (Å²) in [7, 11) is 1.47. The highest BCUT2D eigenvalue weighted by Gasteiger charge is 2.61. The molecule has 2 aliphatic heterocycles. The summed E-state index contributed by atoms with van der Waals surface area (Å²) in [6, 6.07) is 13.9. The number of benzene rings is 2. The fraction of sp³-hybridized carbons (Fsp3) is 0.391. The van der Waals surface area contributed by atoms with Gasteiger partial charge in [-0.2, -0.15) is 5.06 Å². The van der Waals surface area contributed by atoms with Crippen molar-refractivity contribution >= 4 is 11.8 Å². The van der Waals surface area contributed by atoms with Gasteiger partial charge in [-0.05, 0) is 44.0 Å². The molecule has 2 amide bonds. The Kier molecular flexibility index (Phi) is 5.03. The lowest BCUT2D eigenvalue weighted by Gasteiger charge is -2.37. The normalized spacial score (nSPS) is 24.4. The van der Waals surface area contributed by atoms with Gasteiger partial charge in [0.25, 0.3) is 5.91 Å². The zero-order chi connectivity index (χ0) is 21.6. The second kappa shape index (κ2) is 7.41. The molecule has 0 bridgehead atoms. The summed E-state index contributed by atoms with van der Waals surface area (Å²) in [5.74, 6) is -0.926. The van der Waals surface area contributed by atoms with Gasteiger partial charge < -0.3 is 9.84 Å². The Morgan fingerprint density at radius 1 is 1.07 bits per heavy atom. The maximum atomic E-state index is 13.4. The van der Waals surface area contributed by atoms with Gasteiger partial charge in [0.2, 0.25) is 5.91 Å². The lowest BCUT2D eigenvalue weighted by Crippen LogP contribution is -2.44. The fourth-order valence-electron chi connectivity index (χ4n) is 4.19. The molecule has 2 saturated heterocycles. The monoisotopic (exact) mass is 410 g/mol. The lowest BCUT2D eigenvalue weighted by atomic mass is 9.89. The third-order valence-corrected chi connectivity index (χ3v) is 5.60. The molecule has 0 aromatic heterocycles. The predicted molar refractivity (Wildman–Crippen MR) is 109 cm³/mol. The SMILES string of the molecule is COc1cc(C2C3C(=O)N(Cc4ccccc4)C(=O)C3ON2C(C)(C)C)ccc1O. The minimum Gasteiger partial charge on any atom is -0.504 e. The molecular weight excluding hydrogens is 384 g/mol. The van der Waals surface area contributed by atoms with Gasteiger partial charge in [0.05, 0.1) is 25.6 Å². The number of fused-ring (bicyclic) bond motifs is 1. The first kappa shape index (κ1) is 20.4. The Bertz CT molecular complexity index is 969. The number of imide groups is 1. The van der Waals surface area contributed by atoms with Gasteiger partial charge >= 0.3 is 0 Å². The highest BCUT2D eigenvalue weighted by Crippen LogP contribution is 2.48. The number of amides is 2. The van der Waals surface area contributed by atoms with Crippen LogP contribution in [-0.2, 0) is 21.0 Å². The van der Waals surface area contributed by atoms with Crippen LogP contribution < -0.4 is 4.74 Å². The van der Waals surface area contributed by atoms with Crippen LogP contribution in [0, 0.1) is 5.92 Å². The number of aromatic hydroxyl groups is 1. The van der Waals surface area contributed by atoms with Gasteiger partial charge in [-0.25, -0.2) is 0 Å². The van der Waals surface area contributed by atoms with Crippen LogP contribution in [0.25, 0.3) is 0 Å². The van der Waals surface area contributed by atoms with Crippen molar-refractivity contribution < 1.29 is 24.3 Å². The average Bonchev–Trinajstić information content (AvgIpc) is 3.22. The largest absolute Gasteiger partial charge is 0.504 e. The molecule has 3 atom stereocenters. The lowest BCUT2D eigenvalue weighted by molar-refractivity contribution is -0.216. The number of ether oxygens (including phenoxy) is 1. The molecule has 2 heterocycles. The van der Waals surface area contributed by atoms with Crippen LogP contribution >= 0.6 is 0 Å². The van der Waals surface area contributed by atoms with Crippen molar-refractivity contribution in [1.82, 2.24) is 9.96 Å². The molecule has 2 aromatic carbocycles. The number of carbonyl (C=O) groups is 2.